The van der Waals surface area contributed by atoms with Crippen molar-refractivity contribution in [3.8, 4) is 11.5 Å². The minimum Gasteiger partial charge on any atom is -0.489 e. The maximum atomic E-state index is 12.8. The van der Waals surface area contributed by atoms with E-state index in [1.807, 2.05) is 44.2 Å². The van der Waals surface area contributed by atoms with E-state index in [-0.39, 0.29) is 22.5 Å². The Bertz CT molecular complexity index is 972. The standard InChI is InChI=1S/C26H30O5/c1-18(2)14-15-30-21-11-12-22(24(16-21)31-17-25(28)29)23(27)13-8-19-6-9-20(10-7-19)26(3,4)5/h6-14,16H,15,17H2,1-5H3,(H,28,29)/b13-8+. The fourth-order valence-electron chi connectivity index (χ4n) is 2.72. The second-order valence-corrected chi connectivity index (χ2v) is 8.50. The summed E-state index contributed by atoms with van der Waals surface area (Å²) in [5.74, 6) is -0.731. The summed E-state index contributed by atoms with van der Waals surface area (Å²) in [5, 5.41) is 8.94. The van der Waals surface area contributed by atoms with Crippen molar-refractivity contribution >= 4 is 17.8 Å². The molecule has 2 aromatic carbocycles. The van der Waals surface area contributed by atoms with Crippen LogP contribution in [-0.4, -0.2) is 30.1 Å². The van der Waals surface area contributed by atoms with Gasteiger partial charge in [0.05, 0.1) is 5.56 Å². The number of hydrogen-bond donors (Lipinski definition) is 1. The first-order valence-electron chi connectivity index (χ1n) is 10.1. The van der Waals surface area contributed by atoms with E-state index < -0.39 is 12.6 Å². The molecule has 5 nitrogen and oxygen atoms in total. The Kier molecular flexibility index (Phi) is 8.20. The Morgan fingerprint density at radius 1 is 1.00 bits per heavy atom. The third-order valence-corrected chi connectivity index (χ3v) is 4.52. The molecule has 0 unspecified atom stereocenters. The van der Waals surface area contributed by atoms with Crippen LogP contribution in [-0.2, 0) is 10.2 Å². The van der Waals surface area contributed by atoms with E-state index in [0.29, 0.717) is 12.4 Å². The summed E-state index contributed by atoms with van der Waals surface area (Å²) in [5.41, 5.74) is 3.57. The van der Waals surface area contributed by atoms with Gasteiger partial charge in [-0.05, 0) is 54.7 Å². The van der Waals surface area contributed by atoms with Crippen LogP contribution in [0.5, 0.6) is 11.5 Å². The molecule has 0 aliphatic rings. The van der Waals surface area contributed by atoms with Crippen LogP contribution in [0.4, 0.5) is 0 Å². The van der Waals surface area contributed by atoms with Crippen LogP contribution in [0.2, 0.25) is 0 Å². The third kappa shape index (κ3) is 7.78. The van der Waals surface area contributed by atoms with E-state index in [1.54, 1.807) is 24.3 Å². The van der Waals surface area contributed by atoms with Crippen LogP contribution in [0, 0.1) is 0 Å². The summed E-state index contributed by atoms with van der Waals surface area (Å²) < 4.78 is 11.0. The number of ketones is 1. The summed E-state index contributed by atoms with van der Waals surface area (Å²) in [6.07, 6.45) is 5.11. The van der Waals surface area contributed by atoms with Gasteiger partial charge in [0, 0.05) is 6.07 Å². The largest absolute Gasteiger partial charge is 0.489 e. The van der Waals surface area contributed by atoms with Crippen molar-refractivity contribution in [3.63, 3.8) is 0 Å². The van der Waals surface area contributed by atoms with Crippen LogP contribution >= 0.6 is 0 Å². The number of carbonyl (C=O) groups is 2. The lowest BCUT2D eigenvalue weighted by molar-refractivity contribution is -0.139. The highest BCUT2D eigenvalue weighted by Gasteiger charge is 2.14. The molecule has 0 atom stereocenters. The van der Waals surface area contributed by atoms with Crippen molar-refractivity contribution in [2.45, 2.75) is 40.0 Å². The smallest absolute Gasteiger partial charge is 0.341 e. The number of allylic oxidation sites excluding steroid dienone is 2. The quantitative estimate of drug-likeness (QED) is 0.319. The molecule has 0 heterocycles. The summed E-state index contributed by atoms with van der Waals surface area (Å²) in [6.45, 7) is 10.2. The van der Waals surface area contributed by atoms with Crippen molar-refractivity contribution in [1.29, 1.82) is 0 Å². The van der Waals surface area contributed by atoms with Gasteiger partial charge in [-0.1, -0.05) is 56.7 Å². The molecule has 0 spiro atoms. The average Bonchev–Trinajstić information content (AvgIpc) is 2.70. The predicted octanol–water partition coefficient (Wildman–Crippen LogP) is 5.69. The number of aliphatic carboxylic acids is 1. The number of hydrogen-bond acceptors (Lipinski definition) is 4. The van der Waals surface area contributed by atoms with Crippen molar-refractivity contribution in [2.75, 3.05) is 13.2 Å². The number of carboxylic acids is 1. The lowest BCUT2D eigenvalue weighted by Crippen LogP contribution is -2.12. The zero-order valence-corrected chi connectivity index (χ0v) is 18.8. The Morgan fingerprint density at radius 2 is 1.68 bits per heavy atom. The molecule has 31 heavy (non-hydrogen) atoms. The first-order valence-corrected chi connectivity index (χ1v) is 10.1. The van der Waals surface area contributed by atoms with Crippen LogP contribution in [0.25, 0.3) is 6.08 Å². The van der Waals surface area contributed by atoms with Crippen LogP contribution in [0.1, 0.15) is 56.1 Å². The van der Waals surface area contributed by atoms with E-state index in [4.69, 9.17) is 14.6 Å². The molecule has 0 saturated carbocycles. The maximum absolute atomic E-state index is 12.8. The fourth-order valence-corrected chi connectivity index (χ4v) is 2.72. The van der Waals surface area contributed by atoms with Gasteiger partial charge < -0.3 is 14.6 Å². The van der Waals surface area contributed by atoms with Gasteiger partial charge in [0.15, 0.2) is 12.4 Å². The molecule has 1 N–H and O–H groups in total. The Hall–Kier alpha value is -3.34. The van der Waals surface area contributed by atoms with E-state index in [2.05, 4.69) is 20.8 Å². The fraction of sp³-hybridized carbons (Fsp3) is 0.308. The molecule has 0 aliphatic carbocycles. The Morgan fingerprint density at radius 3 is 2.26 bits per heavy atom. The molecule has 0 bridgehead atoms. The molecule has 0 saturated heterocycles. The lowest BCUT2D eigenvalue weighted by atomic mass is 9.87. The molecule has 0 amide bonds. The molecule has 0 radical (unpaired) electrons. The maximum Gasteiger partial charge on any atom is 0.341 e. The average molecular weight is 423 g/mol. The van der Waals surface area contributed by atoms with Crippen molar-refractivity contribution < 1.29 is 24.2 Å². The van der Waals surface area contributed by atoms with E-state index in [1.165, 1.54) is 11.6 Å². The van der Waals surface area contributed by atoms with Gasteiger partial charge in [-0.25, -0.2) is 4.79 Å². The molecule has 0 aliphatic heterocycles. The summed E-state index contributed by atoms with van der Waals surface area (Å²) in [7, 11) is 0. The second-order valence-electron chi connectivity index (χ2n) is 8.50. The highest BCUT2D eigenvalue weighted by Crippen LogP contribution is 2.27. The van der Waals surface area contributed by atoms with Gasteiger partial charge >= 0.3 is 5.97 Å². The molecule has 2 rings (SSSR count). The highest BCUT2D eigenvalue weighted by molar-refractivity contribution is 6.08. The topological polar surface area (TPSA) is 72.8 Å². The summed E-state index contributed by atoms with van der Waals surface area (Å²) in [6, 6.07) is 12.8. The number of ether oxygens (including phenoxy) is 2. The SMILES string of the molecule is CC(C)=CCOc1ccc(C(=O)/C=C/c2ccc(C(C)(C)C)cc2)c(OCC(=O)O)c1. The molecule has 5 heteroatoms. The minimum absolute atomic E-state index is 0.0594. The van der Waals surface area contributed by atoms with Gasteiger partial charge in [0.2, 0.25) is 0 Å². The number of carbonyl (C=O) groups excluding carboxylic acids is 1. The summed E-state index contributed by atoms with van der Waals surface area (Å²) >= 11 is 0. The van der Waals surface area contributed by atoms with Crippen molar-refractivity contribution in [2.24, 2.45) is 0 Å². The Balaban J connectivity index is 2.21. The van der Waals surface area contributed by atoms with Gasteiger partial charge in [-0.2, -0.15) is 0 Å². The second kappa shape index (κ2) is 10.6. The van der Waals surface area contributed by atoms with Gasteiger partial charge in [-0.15, -0.1) is 0 Å². The zero-order valence-electron chi connectivity index (χ0n) is 18.8. The number of carboxylic acid groups (broad SMARTS) is 1. The number of benzene rings is 2. The number of rotatable bonds is 9. The van der Waals surface area contributed by atoms with Gasteiger partial charge in [0.25, 0.3) is 0 Å². The molecular formula is C26H30O5. The highest BCUT2D eigenvalue weighted by atomic mass is 16.5. The monoisotopic (exact) mass is 422 g/mol. The summed E-state index contributed by atoms with van der Waals surface area (Å²) in [4.78, 5) is 23.7. The van der Waals surface area contributed by atoms with Crippen molar-refractivity contribution in [1.82, 2.24) is 0 Å². The molecule has 164 valence electrons. The lowest BCUT2D eigenvalue weighted by Gasteiger charge is -2.18. The molecule has 0 aromatic heterocycles. The van der Waals surface area contributed by atoms with Gasteiger partial charge in [-0.3, -0.25) is 4.79 Å². The predicted molar refractivity (Wildman–Crippen MR) is 123 cm³/mol. The normalized spacial score (nSPS) is 11.3. The van der Waals surface area contributed by atoms with Crippen molar-refractivity contribution in [3.05, 3.63) is 76.9 Å². The molecule has 2 aromatic rings. The van der Waals surface area contributed by atoms with Gasteiger partial charge in [0.1, 0.15) is 18.1 Å². The molecule has 0 fully saturated rings. The van der Waals surface area contributed by atoms with Crippen LogP contribution < -0.4 is 9.47 Å². The first-order chi connectivity index (χ1) is 14.6. The Labute approximate surface area is 184 Å². The first kappa shape index (κ1) is 23.9. The zero-order chi connectivity index (χ0) is 23.0. The van der Waals surface area contributed by atoms with E-state index in [0.717, 1.165) is 11.1 Å². The molecular weight excluding hydrogens is 392 g/mol. The third-order valence-electron chi connectivity index (χ3n) is 4.52. The minimum atomic E-state index is -1.12. The van der Waals surface area contributed by atoms with Crippen LogP contribution in [0.3, 0.4) is 0 Å². The van der Waals surface area contributed by atoms with E-state index >= 15 is 0 Å². The van der Waals surface area contributed by atoms with Crippen LogP contribution in [0.15, 0.2) is 60.2 Å². The van der Waals surface area contributed by atoms with E-state index in [9.17, 15) is 9.59 Å².